The molecule has 2 aromatic heterocycles. The highest BCUT2D eigenvalue weighted by atomic mass is 16.1. The monoisotopic (exact) mass is 274 g/mol. The van der Waals surface area contributed by atoms with Gasteiger partial charge < -0.3 is 14.9 Å². The Hall–Kier alpha value is -1.88. The lowest BCUT2D eigenvalue weighted by Gasteiger charge is -2.19. The predicted octanol–water partition coefficient (Wildman–Crippen LogP) is 1.99. The lowest BCUT2D eigenvalue weighted by atomic mass is 10.1. The fourth-order valence-corrected chi connectivity index (χ4v) is 2.37. The van der Waals surface area contributed by atoms with Gasteiger partial charge in [-0.1, -0.05) is 13.8 Å². The van der Waals surface area contributed by atoms with Gasteiger partial charge in [-0.25, -0.2) is 4.98 Å². The number of H-pyrrole nitrogens is 1. The van der Waals surface area contributed by atoms with Crippen molar-refractivity contribution in [2.45, 2.75) is 39.8 Å². The Morgan fingerprint density at radius 1 is 1.45 bits per heavy atom. The lowest BCUT2D eigenvalue weighted by molar-refractivity contribution is 0.541. The fraction of sp³-hybridized carbons (Fsp3) is 0.467. The van der Waals surface area contributed by atoms with Crippen molar-refractivity contribution < 1.29 is 0 Å². The highest BCUT2D eigenvalue weighted by molar-refractivity contribution is 5.24. The van der Waals surface area contributed by atoms with E-state index >= 15 is 0 Å². The number of pyridine rings is 1. The molecule has 1 unspecified atom stereocenters. The van der Waals surface area contributed by atoms with Gasteiger partial charge in [-0.2, -0.15) is 0 Å². The molecular formula is C15H22N4O. The number of hydrogen-bond acceptors (Lipinski definition) is 3. The molecule has 0 radical (unpaired) electrons. The Kier molecular flexibility index (Phi) is 4.74. The van der Waals surface area contributed by atoms with E-state index in [4.69, 9.17) is 0 Å². The van der Waals surface area contributed by atoms with Crippen molar-refractivity contribution in [2.75, 3.05) is 6.54 Å². The van der Waals surface area contributed by atoms with Crippen molar-refractivity contribution in [1.82, 2.24) is 19.9 Å². The molecule has 0 saturated heterocycles. The molecule has 2 aromatic rings. The summed E-state index contributed by atoms with van der Waals surface area (Å²) in [6.07, 6.45) is 6.58. The third-order valence-electron chi connectivity index (χ3n) is 3.28. The molecule has 0 amide bonds. The number of hydrogen-bond donors (Lipinski definition) is 2. The second-order valence-electron chi connectivity index (χ2n) is 4.91. The molecule has 0 bridgehead atoms. The molecule has 5 nitrogen and oxygen atoms in total. The molecule has 2 heterocycles. The predicted molar refractivity (Wildman–Crippen MR) is 79.8 cm³/mol. The van der Waals surface area contributed by atoms with Gasteiger partial charge in [-0.05, 0) is 19.9 Å². The van der Waals surface area contributed by atoms with Gasteiger partial charge in [0.15, 0.2) is 5.43 Å². The third kappa shape index (κ3) is 2.99. The Labute approximate surface area is 119 Å². The maximum atomic E-state index is 12.2. The van der Waals surface area contributed by atoms with Gasteiger partial charge in [-0.3, -0.25) is 4.79 Å². The van der Waals surface area contributed by atoms with E-state index in [9.17, 15) is 4.79 Å². The normalized spacial score (nSPS) is 12.6. The topological polar surface area (TPSA) is 62.7 Å². The first-order valence-corrected chi connectivity index (χ1v) is 7.11. The number of nitrogens with zero attached hydrogens (tertiary/aromatic N) is 2. The molecule has 0 aliphatic carbocycles. The van der Waals surface area contributed by atoms with Crippen LogP contribution in [-0.2, 0) is 6.54 Å². The van der Waals surface area contributed by atoms with Crippen LogP contribution in [0.25, 0.3) is 0 Å². The Morgan fingerprint density at radius 3 is 2.90 bits per heavy atom. The third-order valence-corrected chi connectivity index (χ3v) is 3.28. The average molecular weight is 274 g/mol. The van der Waals surface area contributed by atoms with Crippen LogP contribution in [0.5, 0.6) is 0 Å². The van der Waals surface area contributed by atoms with E-state index in [1.54, 1.807) is 18.5 Å². The number of imidazole rings is 1. The van der Waals surface area contributed by atoms with Crippen LogP contribution < -0.4 is 10.7 Å². The van der Waals surface area contributed by atoms with E-state index in [1.807, 2.05) is 20.0 Å². The summed E-state index contributed by atoms with van der Waals surface area (Å²) < 4.78 is 2.10. The molecule has 2 rings (SSSR count). The minimum atomic E-state index is -0.175. The molecule has 0 fully saturated rings. The molecule has 20 heavy (non-hydrogen) atoms. The highest BCUT2D eigenvalue weighted by Gasteiger charge is 2.20. The van der Waals surface area contributed by atoms with Gasteiger partial charge >= 0.3 is 0 Å². The van der Waals surface area contributed by atoms with Crippen molar-refractivity contribution in [3.05, 3.63) is 52.0 Å². The number of aromatic amines is 1. The minimum Gasteiger partial charge on any atom is -0.365 e. The van der Waals surface area contributed by atoms with E-state index in [0.717, 1.165) is 31.0 Å². The van der Waals surface area contributed by atoms with Crippen LogP contribution in [-0.4, -0.2) is 21.1 Å². The molecule has 0 spiro atoms. The van der Waals surface area contributed by atoms with Crippen molar-refractivity contribution in [3.8, 4) is 0 Å². The summed E-state index contributed by atoms with van der Waals surface area (Å²) in [4.78, 5) is 19.8. The SMILES string of the molecule is CCCn1ccnc1C(NCC)c1c[nH]c(C)cc1=O. The summed E-state index contributed by atoms with van der Waals surface area (Å²) >= 11 is 0. The maximum absolute atomic E-state index is 12.2. The van der Waals surface area contributed by atoms with Crippen LogP contribution in [0, 0.1) is 6.92 Å². The van der Waals surface area contributed by atoms with Crippen molar-refractivity contribution in [3.63, 3.8) is 0 Å². The first-order valence-electron chi connectivity index (χ1n) is 7.11. The van der Waals surface area contributed by atoms with Gasteiger partial charge in [0.2, 0.25) is 0 Å². The Balaban J connectivity index is 2.45. The highest BCUT2D eigenvalue weighted by Crippen LogP contribution is 2.18. The molecule has 0 aliphatic heterocycles. The maximum Gasteiger partial charge on any atom is 0.187 e. The van der Waals surface area contributed by atoms with Gasteiger partial charge in [0.25, 0.3) is 0 Å². The second-order valence-corrected chi connectivity index (χ2v) is 4.91. The molecule has 2 N–H and O–H groups in total. The van der Waals surface area contributed by atoms with Gasteiger partial charge in [0.05, 0.1) is 6.04 Å². The van der Waals surface area contributed by atoms with Crippen LogP contribution >= 0.6 is 0 Å². The zero-order chi connectivity index (χ0) is 14.5. The summed E-state index contributed by atoms with van der Waals surface area (Å²) in [5, 5.41) is 3.36. The fourth-order valence-electron chi connectivity index (χ4n) is 2.37. The molecule has 0 aliphatic rings. The van der Waals surface area contributed by atoms with Crippen LogP contribution in [0.2, 0.25) is 0 Å². The Bertz CT molecular complexity index is 614. The van der Waals surface area contributed by atoms with Crippen molar-refractivity contribution in [2.24, 2.45) is 0 Å². The average Bonchev–Trinajstić information content (AvgIpc) is 2.85. The lowest BCUT2D eigenvalue weighted by Crippen LogP contribution is -2.29. The van der Waals surface area contributed by atoms with Gasteiger partial charge in [-0.15, -0.1) is 0 Å². The standard InChI is InChI=1S/C15H22N4O/c1-4-7-19-8-6-17-15(19)14(16-5-2)12-10-18-11(3)9-13(12)20/h6,8-10,14,16H,4-5,7H2,1-3H3,(H,18,20). The molecule has 0 aromatic carbocycles. The van der Waals surface area contributed by atoms with Gasteiger partial charge in [0, 0.05) is 42.5 Å². The van der Waals surface area contributed by atoms with E-state index in [1.165, 1.54) is 0 Å². The van der Waals surface area contributed by atoms with Gasteiger partial charge in [0.1, 0.15) is 5.82 Å². The number of aryl methyl sites for hydroxylation is 2. The zero-order valence-corrected chi connectivity index (χ0v) is 12.3. The quantitative estimate of drug-likeness (QED) is 0.846. The second kappa shape index (κ2) is 6.52. The smallest absolute Gasteiger partial charge is 0.187 e. The van der Waals surface area contributed by atoms with Crippen molar-refractivity contribution >= 4 is 0 Å². The van der Waals surface area contributed by atoms with E-state index in [2.05, 4.69) is 26.8 Å². The summed E-state index contributed by atoms with van der Waals surface area (Å²) in [6, 6.07) is 1.46. The van der Waals surface area contributed by atoms with Crippen LogP contribution in [0.4, 0.5) is 0 Å². The van der Waals surface area contributed by atoms with Crippen LogP contribution in [0.15, 0.2) is 29.5 Å². The summed E-state index contributed by atoms with van der Waals surface area (Å²) in [5.41, 5.74) is 1.62. The molecule has 5 heteroatoms. The van der Waals surface area contributed by atoms with Crippen molar-refractivity contribution in [1.29, 1.82) is 0 Å². The van der Waals surface area contributed by atoms with Crippen LogP contribution in [0.1, 0.15) is 43.4 Å². The number of rotatable bonds is 6. The van der Waals surface area contributed by atoms with E-state index < -0.39 is 0 Å². The van der Waals surface area contributed by atoms with E-state index in [0.29, 0.717) is 5.56 Å². The molecule has 108 valence electrons. The number of nitrogens with one attached hydrogen (secondary N) is 2. The summed E-state index contributed by atoms with van der Waals surface area (Å²) in [7, 11) is 0. The van der Waals surface area contributed by atoms with Crippen LogP contribution in [0.3, 0.4) is 0 Å². The first-order chi connectivity index (χ1) is 9.67. The number of aromatic nitrogens is 3. The summed E-state index contributed by atoms with van der Waals surface area (Å²) in [6.45, 7) is 7.72. The molecule has 1 atom stereocenters. The minimum absolute atomic E-state index is 0.0400. The van der Waals surface area contributed by atoms with E-state index in [-0.39, 0.29) is 11.5 Å². The Morgan fingerprint density at radius 2 is 2.25 bits per heavy atom. The largest absolute Gasteiger partial charge is 0.365 e. The molecule has 0 saturated carbocycles. The molecular weight excluding hydrogens is 252 g/mol. The first kappa shape index (κ1) is 14.5. The zero-order valence-electron chi connectivity index (χ0n) is 12.3. The summed E-state index contributed by atoms with van der Waals surface area (Å²) in [5.74, 6) is 0.892.